The van der Waals surface area contributed by atoms with Crippen LogP contribution in [0.5, 0.6) is 0 Å². The molecule has 0 saturated heterocycles. The van der Waals surface area contributed by atoms with Gasteiger partial charge in [-0.25, -0.2) is 9.13 Å². The van der Waals surface area contributed by atoms with E-state index in [1.54, 1.807) is 0 Å². The van der Waals surface area contributed by atoms with Crippen molar-refractivity contribution in [2.75, 3.05) is 39.6 Å². The molecule has 0 rings (SSSR count). The minimum Gasteiger partial charge on any atom is -0.462 e. The zero-order chi connectivity index (χ0) is 68.2. The van der Waals surface area contributed by atoms with E-state index < -0.39 is 97.5 Å². The Labute approximate surface area is 562 Å². The number of unbranched alkanes of at least 4 members (excludes halogenated alkanes) is 36. The van der Waals surface area contributed by atoms with Gasteiger partial charge in [-0.2, -0.15) is 0 Å². The van der Waals surface area contributed by atoms with Crippen molar-refractivity contribution in [2.24, 2.45) is 23.7 Å². The lowest BCUT2D eigenvalue weighted by Crippen LogP contribution is -2.30. The summed E-state index contributed by atoms with van der Waals surface area (Å²) in [5, 5.41) is 10.6. The first-order chi connectivity index (χ1) is 44.1. The van der Waals surface area contributed by atoms with Crippen LogP contribution in [0.25, 0.3) is 0 Å². The van der Waals surface area contributed by atoms with Crippen molar-refractivity contribution in [3.05, 3.63) is 0 Å². The number of carbonyl (C=O) groups excluding carboxylic acids is 4. The first-order valence-electron chi connectivity index (χ1n) is 37.7. The molecule has 0 aliphatic heterocycles. The molecule has 0 aromatic heterocycles. The van der Waals surface area contributed by atoms with Gasteiger partial charge in [-0.05, 0) is 49.4 Å². The van der Waals surface area contributed by atoms with Crippen LogP contribution < -0.4 is 0 Å². The van der Waals surface area contributed by atoms with E-state index in [-0.39, 0.29) is 25.7 Å². The molecule has 546 valence electrons. The summed E-state index contributed by atoms with van der Waals surface area (Å²) in [5.41, 5.74) is 0. The monoisotopic (exact) mass is 1350 g/mol. The largest absolute Gasteiger partial charge is 0.472 e. The van der Waals surface area contributed by atoms with Gasteiger partial charge in [-0.15, -0.1) is 0 Å². The van der Waals surface area contributed by atoms with E-state index in [9.17, 15) is 43.2 Å². The second-order valence-corrected chi connectivity index (χ2v) is 31.1. The van der Waals surface area contributed by atoms with E-state index in [1.807, 2.05) is 0 Å². The highest BCUT2D eigenvalue weighted by atomic mass is 31.2. The van der Waals surface area contributed by atoms with Crippen molar-refractivity contribution in [1.29, 1.82) is 0 Å². The number of hydrogen-bond acceptors (Lipinski definition) is 15. The van der Waals surface area contributed by atoms with Crippen LogP contribution in [0, 0.1) is 23.7 Å². The lowest BCUT2D eigenvalue weighted by molar-refractivity contribution is -0.161. The molecule has 5 atom stereocenters. The Balaban J connectivity index is 5.22. The summed E-state index contributed by atoms with van der Waals surface area (Å²) in [4.78, 5) is 72.6. The van der Waals surface area contributed by atoms with Crippen molar-refractivity contribution < 1.29 is 80.2 Å². The van der Waals surface area contributed by atoms with E-state index in [0.717, 1.165) is 108 Å². The zero-order valence-electron chi connectivity index (χ0n) is 60.2. The molecule has 0 radical (unpaired) electrons. The predicted molar refractivity (Wildman–Crippen MR) is 372 cm³/mol. The van der Waals surface area contributed by atoms with Crippen LogP contribution >= 0.6 is 15.6 Å². The third-order valence-electron chi connectivity index (χ3n) is 16.8. The van der Waals surface area contributed by atoms with Crippen molar-refractivity contribution in [3.8, 4) is 0 Å². The third kappa shape index (κ3) is 66.7. The van der Waals surface area contributed by atoms with Crippen LogP contribution in [0.2, 0.25) is 0 Å². The molecule has 0 aromatic carbocycles. The molecule has 0 aliphatic rings. The Morgan fingerprint density at radius 1 is 0.272 bits per heavy atom. The van der Waals surface area contributed by atoms with Gasteiger partial charge in [0.2, 0.25) is 0 Å². The zero-order valence-corrected chi connectivity index (χ0v) is 62.0. The number of carbonyl (C=O) groups is 4. The number of hydrogen-bond donors (Lipinski definition) is 3. The van der Waals surface area contributed by atoms with E-state index in [0.29, 0.717) is 37.5 Å². The van der Waals surface area contributed by atoms with Crippen LogP contribution in [-0.2, 0) is 65.4 Å². The first-order valence-corrected chi connectivity index (χ1v) is 40.7. The van der Waals surface area contributed by atoms with Gasteiger partial charge in [0.15, 0.2) is 12.2 Å². The number of phosphoric acid groups is 2. The molecular formula is C73H142O17P2. The fourth-order valence-corrected chi connectivity index (χ4v) is 12.6. The van der Waals surface area contributed by atoms with E-state index in [4.69, 9.17) is 37.0 Å². The van der Waals surface area contributed by atoms with E-state index in [1.165, 1.54) is 161 Å². The fraction of sp³-hybridized carbons (Fsp3) is 0.945. The maximum Gasteiger partial charge on any atom is 0.472 e. The standard InChI is InChI=1S/C73H142O17P2/c1-63(2)49-41-33-25-20-16-12-10-9-11-13-19-23-29-39-47-55-72(77)89-68(59-83-70(75)53-45-37-28-22-18-15-14-17-21-26-34-42-50-64(3)4)61-87-91(79,80)85-57-67(74)58-86-92(81,82)88-62-69(60-84-71(76)54-46-38-32-31-36-44-52-66(7)8)90-73(78)56-48-40-30-24-27-35-43-51-65(5)6/h63-69,74H,9-62H2,1-8H3,(H,79,80)(H,81,82)/t67-,68-,69-/m1/s1. The second kappa shape index (κ2) is 62.6. The molecule has 0 bridgehead atoms. The number of aliphatic hydroxyl groups is 1. The number of aliphatic hydroxyl groups excluding tert-OH is 1. The average molecular weight is 1350 g/mol. The molecule has 0 amide bonds. The third-order valence-corrected chi connectivity index (χ3v) is 18.7. The van der Waals surface area contributed by atoms with Crippen LogP contribution in [0.4, 0.5) is 0 Å². The molecule has 0 fully saturated rings. The highest BCUT2D eigenvalue weighted by molar-refractivity contribution is 7.47. The van der Waals surface area contributed by atoms with Crippen LogP contribution in [0.15, 0.2) is 0 Å². The Morgan fingerprint density at radius 2 is 0.457 bits per heavy atom. The summed E-state index contributed by atoms with van der Waals surface area (Å²) in [7, 11) is -9.91. The first kappa shape index (κ1) is 90.1. The molecule has 0 aromatic rings. The normalized spacial score (nSPS) is 14.2. The lowest BCUT2D eigenvalue weighted by atomic mass is 10.0. The smallest absolute Gasteiger partial charge is 0.462 e. The van der Waals surface area contributed by atoms with Crippen LogP contribution in [-0.4, -0.2) is 96.7 Å². The molecule has 19 heteroatoms. The SMILES string of the molecule is CC(C)CCCCCCCCCCCCCCCCCC(=O)O[C@H](COC(=O)CCCCCCCCCCCCCCC(C)C)COP(=O)(O)OC[C@@H](O)COP(=O)(O)OC[C@@H](COC(=O)CCCCCCCCC(C)C)OC(=O)CCCCCCCCCC(C)C. The summed E-state index contributed by atoms with van der Waals surface area (Å²) >= 11 is 0. The van der Waals surface area contributed by atoms with E-state index >= 15 is 0 Å². The van der Waals surface area contributed by atoms with Gasteiger partial charge in [0.05, 0.1) is 26.4 Å². The van der Waals surface area contributed by atoms with Gasteiger partial charge in [0.1, 0.15) is 19.3 Å². The van der Waals surface area contributed by atoms with Crippen molar-refractivity contribution in [1.82, 2.24) is 0 Å². The molecule has 0 aliphatic carbocycles. The topological polar surface area (TPSA) is 237 Å². The minimum atomic E-state index is -4.96. The van der Waals surface area contributed by atoms with Crippen LogP contribution in [0.3, 0.4) is 0 Å². The van der Waals surface area contributed by atoms with Crippen LogP contribution in [0.1, 0.15) is 364 Å². The quantitative estimate of drug-likeness (QED) is 0.0222. The number of phosphoric ester groups is 2. The molecule has 0 saturated carbocycles. The van der Waals surface area contributed by atoms with Gasteiger partial charge in [-0.3, -0.25) is 37.3 Å². The van der Waals surface area contributed by atoms with Gasteiger partial charge >= 0.3 is 39.5 Å². The summed E-state index contributed by atoms with van der Waals surface area (Å²) in [6, 6.07) is 0. The second-order valence-electron chi connectivity index (χ2n) is 28.2. The van der Waals surface area contributed by atoms with Crippen molar-refractivity contribution in [2.45, 2.75) is 382 Å². The average Bonchev–Trinajstić information content (AvgIpc) is 1.96. The predicted octanol–water partition coefficient (Wildman–Crippen LogP) is 20.9. The van der Waals surface area contributed by atoms with Gasteiger partial charge in [0, 0.05) is 25.7 Å². The highest BCUT2D eigenvalue weighted by Gasteiger charge is 2.30. The maximum absolute atomic E-state index is 13.1. The van der Waals surface area contributed by atoms with Gasteiger partial charge in [-0.1, -0.05) is 312 Å². The minimum absolute atomic E-state index is 0.102. The molecule has 2 unspecified atom stereocenters. The van der Waals surface area contributed by atoms with Gasteiger partial charge < -0.3 is 33.8 Å². The molecule has 3 N–H and O–H groups in total. The molecule has 0 spiro atoms. The highest BCUT2D eigenvalue weighted by Crippen LogP contribution is 2.45. The maximum atomic E-state index is 13.1. The summed E-state index contributed by atoms with van der Waals surface area (Å²) in [6.45, 7) is 14.1. The summed E-state index contributed by atoms with van der Waals surface area (Å²) in [5.74, 6) is 0.831. The lowest BCUT2D eigenvalue weighted by Gasteiger charge is -2.21. The van der Waals surface area contributed by atoms with Gasteiger partial charge in [0.25, 0.3) is 0 Å². The Hall–Kier alpha value is -1.94. The van der Waals surface area contributed by atoms with Crippen molar-refractivity contribution >= 4 is 39.5 Å². The Kier molecular flexibility index (Phi) is 61.3. The summed E-state index contributed by atoms with van der Waals surface area (Å²) in [6.07, 6.45) is 46.1. The van der Waals surface area contributed by atoms with Crippen molar-refractivity contribution in [3.63, 3.8) is 0 Å². The molecule has 92 heavy (non-hydrogen) atoms. The van der Waals surface area contributed by atoms with E-state index in [2.05, 4.69) is 55.4 Å². The Morgan fingerprint density at radius 3 is 0.674 bits per heavy atom. The molecule has 17 nitrogen and oxygen atoms in total. The summed E-state index contributed by atoms with van der Waals surface area (Å²) < 4.78 is 68.3. The molecule has 0 heterocycles. The number of esters is 4. The molecular weight excluding hydrogens is 1210 g/mol. The Bertz CT molecular complexity index is 1820. The number of rotatable bonds is 70. The fourth-order valence-electron chi connectivity index (χ4n) is 11.0. The number of ether oxygens (including phenoxy) is 4.